The number of carboxylic acids is 2. The third kappa shape index (κ3) is 21.8. The molecule has 0 unspecified atom stereocenters. The molecule has 2 rings (SSSR count). The number of para-hydroxylation sites is 1. The molecular weight excluding hydrogens is 1040 g/mol. The minimum absolute atomic E-state index is 0.0437. The van der Waals surface area contributed by atoms with E-state index in [1.54, 1.807) is 33.9 Å². The van der Waals surface area contributed by atoms with Gasteiger partial charge in [0, 0.05) is 23.5 Å². The van der Waals surface area contributed by atoms with Gasteiger partial charge in [-0.25, -0.2) is 4.79 Å². The lowest BCUT2D eigenvalue weighted by Crippen LogP contribution is -2.63. The molecule has 18 N–H and O–H groups in total. The van der Waals surface area contributed by atoms with Crippen LogP contribution in [0.15, 0.2) is 30.5 Å². The number of nitrogens with one attached hydrogen (secondary N) is 10. The van der Waals surface area contributed by atoms with Crippen LogP contribution in [0.1, 0.15) is 120 Å². The molecule has 27 heteroatoms. The molecule has 14 atom stereocenters. The fraction of sp³-hybridized carbons (Fsp3) is 0.642. The summed E-state index contributed by atoms with van der Waals surface area (Å²) >= 11 is 0. The number of fused-ring (bicyclic) bond motifs is 1. The van der Waals surface area contributed by atoms with Crippen LogP contribution in [0.5, 0.6) is 0 Å². The van der Waals surface area contributed by atoms with E-state index in [9.17, 15) is 68.1 Å². The summed E-state index contributed by atoms with van der Waals surface area (Å²) in [5.41, 5.74) is 13.1. The zero-order valence-corrected chi connectivity index (χ0v) is 47.3. The van der Waals surface area contributed by atoms with Gasteiger partial charge in [-0.15, -0.1) is 0 Å². The van der Waals surface area contributed by atoms with Crippen molar-refractivity contribution in [3.8, 4) is 0 Å². The zero-order valence-electron chi connectivity index (χ0n) is 47.3. The lowest BCUT2D eigenvalue weighted by Gasteiger charge is -2.30. The third-order valence-electron chi connectivity index (χ3n) is 13.5. The number of aliphatic carboxylic acids is 2. The molecule has 0 aliphatic rings. The molecule has 0 aliphatic heterocycles. The molecule has 0 radical (unpaired) electrons. The van der Waals surface area contributed by atoms with Crippen molar-refractivity contribution in [1.29, 1.82) is 0 Å². The fourth-order valence-corrected chi connectivity index (χ4v) is 8.28. The van der Waals surface area contributed by atoms with Crippen LogP contribution in [0, 0.1) is 17.8 Å². The summed E-state index contributed by atoms with van der Waals surface area (Å²) in [5.74, 6) is -12.5. The molecule has 2 aromatic rings. The Kier molecular flexibility index (Phi) is 28.7. The van der Waals surface area contributed by atoms with Crippen molar-refractivity contribution < 1.29 is 73.2 Å². The van der Waals surface area contributed by atoms with Crippen LogP contribution in [-0.2, 0) is 59.2 Å². The first kappa shape index (κ1) is 68.9. The first-order valence-corrected chi connectivity index (χ1v) is 27.0. The zero-order chi connectivity index (χ0) is 60.7. The van der Waals surface area contributed by atoms with E-state index in [0.717, 1.165) is 23.4 Å². The number of hydrogen-bond donors (Lipinski definition) is 16. The smallest absolute Gasteiger partial charge is 0.326 e. The van der Waals surface area contributed by atoms with Crippen LogP contribution in [-0.4, -0.2) is 170 Å². The van der Waals surface area contributed by atoms with Gasteiger partial charge in [-0.1, -0.05) is 72.6 Å². The van der Waals surface area contributed by atoms with Crippen molar-refractivity contribution in [1.82, 2.24) is 52.8 Å². The molecule has 1 heterocycles. The summed E-state index contributed by atoms with van der Waals surface area (Å²) in [6, 6.07) is -6.89. The van der Waals surface area contributed by atoms with E-state index in [4.69, 9.17) is 16.6 Å². The van der Waals surface area contributed by atoms with Crippen molar-refractivity contribution in [3.63, 3.8) is 0 Å². The Morgan fingerprint density at radius 3 is 1.48 bits per heavy atom. The number of amides is 9. The number of carbonyl (C=O) groups is 11. The summed E-state index contributed by atoms with van der Waals surface area (Å²) in [4.78, 5) is 150. The molecule has 0 bridgehead atoms. The van der Waals surface area contributed by atoms with Gasteiger partial charge in [0.25, 0.3) is 0 Å². The van der Waals surface area contributed by atoms with E-state index < -0.39 is 156 Å². The van der Waals surface area contributed by atoms with Gasteiger partial charge in [-0.05, 0) is 89.3 Å². The Labute approximate surface area is 465 Å². The van der Waals surface area contributed by atoms with Crippen molar-refractivity contribution in [2.45, 2.75) is 193 Å². The van der Waals surface area contributed by atoms with Crippen LogP contribution in [0.25, 0.3) is 10.9 Å². The number of carbonyl (C=O) groups excluding carboxylic acids is 9. The number of carboxylic acid groups (broad SMARTS) is 2. The maximum Gasteiger partial charge on any atom is 0.326 e. The molecular formula is C53H86N12O15. The second-order valence-corrected chi connectivity index (χ2v) is 20.9. The van der Waals surface area contributed by atoms with Gasteiger partial charge in [-0.2, -0.15) is 0 Å². The van der Waals surface area contributed by atoms with Crippen LogP contribution >= 0.6 is 0 Å². The minimum Gasteiger partial charge on any atom is -0.481 e. The highest BCUT2D eigenvalue weighted by atomic mass is 16.4. The van der Waals surface area contributed by atoms with Crippen molar-refractivity contribution in [2.75, 3.05) is 6.54 Å². The Morgan fingerprint density at radius 1 is 0.537 bits per heavy atom. The van der Waals surface area contributed by atoms with Gasteiger partial charge in [-0.3, -0.25) is 47.9 Å². The van der Waals surface area contributed by atoms with Gasteiger partial charge in [0.05, 0.1) is 24.7 Å². The monoisotopic (exact) mass is 1130 g/mol. The Bertz CT molecular complexity index is 2450. The topological polar surface area (TPSA) is 445 Å². The van der Waals surface area contributed by atoms with Crippen molar-refractivity contribution >= 4 is 76.0 Å². The Balaban J connectivity index is 2.32. The van der Waals surface area contributed by atoms with E-state index in [-0.39, 0.29) is 44.6 Å². The van der Waals surface area contributed by atoms with Crippen LogP contribution in [0.3, 0.4) is 0 Å². The molecule has 80 heavy (non-hydrogen) atoms. The predicted molar refractivity (Wildman–Crippen MR) is 293 cm³/mol. The normalized spacial score (nSPS) is 16.6. The second kappa shape index (κ2) is 33.4. The summed E-state index contributed by atoms with van der Waals surface area (Å²) in [6.07, 6.45) is -1.12. The lowest BCUT2D eigenvalue weighted by molar-refractivity contribution is -0.148. The van der Waals surface area contributed by atoms with Crippen molar-refractivity contribution in [2.24, 2.45) is 29.2 Å². The Hall–Kier alpha value is -7.23. The number of benzene rings is 1. The molecule has 0 saturated heterocycles. The number of unbranched alkanes of at least 4 members (excludes halogenated alkanes) is 1. The highest BCUT2D eigenvalue weighted by Gasteiger charge is 2.38. The van der Waals surface area contributed by atoms with Gasteiger partial charge < -0.3 is 84.7 Å². The molecule has 27 nitrogen and oxygen atoms in total. The average Bonchev–Trinajstić information content (AvgIpc) is 3.80. The number of aromatic amines is 1. The van der Waals surface area contributed by atoms with E-state index in [1.807, 2.05) is 43.4 Å². The summed E-state index contributed by atoms with van der Waals surface area (Å²) in [6.45, 7) is 15.6. The molecule has 1 aromatic carbocycles. The lowest BCUT2D eigenvalue weighted by atomic mass is 9.96. The maximum absolute atomic E-state index is 14.2. The molecule has 0 saturated carbocycles. The van der Waals surface area contributed by atoms with E-state index in [2.05, 4.69) is 47.5 Å². The van der Waals surface area contributed by atoms with Gasteiger partial charge >= 0.3 is 11.9 Å². The number of rotatable bonds is 35. The number of aliphatic hydroxyl groups is 2. The quantitative estimate of drug-likeness (QED) is 0.0333. The van der Waals surface area contributed by atoms with E-state index in [0.29, 0.717) is 12.8 Å². The van der Waals surface area contributed by atoms with Crippen LogP contribution < -0.4 is 59.3 Å². The highest BCUT2D eigenvalue weighted by molar-refractivity contribution is 5.99. The van der Waals surface area contributed by atoms with Gasteiger partial charge in [0.15, 0.2) is 0 Å². The third-order valence-corrected chi connectivity index (χ3v) is 13.5. The number of hydrogen-bond acceptors (Lipinski definition) is 15. The van der Waals surface area contributed by atoms with Crippen molar-refractivity contribution in [3.05, 3.63) is 36.0 Å². The number of aromatic nitrogens is 1. The van der Waals surface area contributed by atoms with E-state index in [1.165, 1.54) is 20.8 Å². The molecule has 0 fully saturated rings. The first-order chi connectivity index (χ1) is 37.5. The molecule has 448 valence electrons. The largest absolute Gasteiger partial charge is 0.481 e. The number of nitrogens with two attached hydrogens (primary N) is 2. The molecule has 0 aliphatic carbocycles. The molecule has 0 spiro atoms. The van der Waals surface area contributed by atoms with Crippen LogP contribution in [0.2, 0.25) is 0 Å². The standard InChI is InChI=1S/C53H86N12O15/c1-11-26(5)40(63-48(74)36(21-25(3)4)60-47(73)37(59-44(70)28(7)55)22-32-24-56-34-18-14-13-17-33(32)34)49(75)57-29(8)45(71)64-42(30(9)66)51(77)58-35(19-15-16-20-54)46(72)62-41(27(6)12-2)50(76)65-43(31(10)67)52(78)61-38(53(79)80)23-39(68)69/h13-14,17-18,24-31,35-38,40-43,56,66-67H,11-12,15-16,19-23,54-55H2,1-10H3,(H,57,75)(H,58,77)(H,59,70)(H,60,73)(H,61,78)(H,62,72)(H,63,74)(H,64,71)(H,65,76)(H,68,69)(H,79,80)/t26-,27-,28-,29-,30+,31+,35-,36-,37-,38-,40-,41-,42-,43-/m0/s1. The van der Waals surface area contributed by atoms with E-state index >= 15 is 0 Å². The summed E-state index contributed by atoms with van der Waals surface area (Å²) in [7, 11) is 0. The van der Waals surface area contributed by atoms with Gasteiger partial charge in [0.1, 0.15) is 54.4 Å². The number of aliphatic hydroxyl groups excluding tert-OH is 2. The summed E-state index contributed by atoms with van der Waals surface area (Å²) < 4.78 is 0. The first-order valence-electron chi connectivity index (χ1n) is 27.0. The predicted octanol–water partition coefficient (Wildman–Crippen LogP) is -1.97. The second-order valence-electron chi connectivity index (χ2n) is 20.9. The minimum atomic E-state index is -1.91. The molecule has 1 aromatic heterocycles. The van der Waals surface area contributed by atoms with Crippen LogP contribution in [0.4, 0.5) is 0 Å². The van der Waals surface area contributed by atoms with Gasteiger partial charge in [0.2, 0.25) is 53.2 Å². The maximum atomic E-state index is 14.2. The highest BCUT2D eigenvalue weighted by Crippen LogP contribution is 2.20. The molecule has 9 amide bonds. The SMILES string of the molecule is CC[C@H](C)[C@H](NC(=O)[C@H](CC(C)C)NC(=O)[C@H](Cc1c[nH]c2ccccc12)NC(=O)[C@H](C)N)C(=O)N[C@@H](C)C(=O)N[C@H](C(=O)N[C@@H](CCCCN)C(=O)N[C@H](C(=O)N[C@H](C(=O)N[C@@H](CC(=O)O)C(=O)O)[C@@H](C)O)[C@@H](C)CC)[C@@H](C)O. The average molecular weight is 1130 g/mol. The summed E-state index contributed by atoms with van der Waals surface area (Å²) in [5, 5.41) is 63.0. The number of H-pyrrole nitrogens is 1. The Morgan fingerprint density at radius 2 is 0.988 bits per heavy atom. The fourth-order valence-electron chi connectivity index (χ4n) is 8.28.